The van der Waals surface area contributed by atoms with E-state index in [4.69, 9.17) is 34.8 Å². The lowest BCUT2D eigenvalue weighted by Crippen LogP contribution is -2.32. The fraction of sp³-hybridized carbons (Fsp3) is 0.312. The number of hydrogen-bond acceptors (Lipinski definition) is 3. The van der Waals surface area contributed by atoms with Gasteiger partial charge in [0.2, 0.25) is 0 Å². The molecular formula is C16H16Cl3N3. The first-order valence-corrected chi connectivity index (χ1v) is 8.29. The predicted octanol–water partition coefficient (Wildman–Crippen LogP) is 4.41. The van der Waals surface area contributed by atoms with E-state index >= 15 is 0 Å². The second-order valence-electron chi connectivity index (χ2n) is 5.38. The molecule has 0 amide bonds. The van der Waals surface area contributed by atoms with Crippen molar-refractivity contribution in [1.29, 1.82) is 0 Å². The standard InChI is InChI=1S/C16H16Cl3N3/c17-12-2-1-11(15(19)7-12)8-20-14-5-6-22(10-14)16-4-3-13(18)9-21-16/h1-4,7,9,14,20H,5-6,8,10H2/t14-/m0/s1. The first kappa shape index (κ1) is 15.9. The number of pyridine rings is 1. The lowest BCUT2D eigenvalue weighted by atomic mass is 10.2. The summed E-state index contributed by atoms with van der Waals surface area (Å²) in [7, 11) is 0. The van der Waals surface area contributed by atoms with Crippen LogP contribution in [-0.4, -0.2) is 24.1 Å². The van der Waals surface area contributed by atoms with Crippen molar-refractivity contribution in [2.75, 3.05) is 18.0 Å². The molecule has 3 rings (SSSR count). The highest BCUT2D eigenvalue weighted by Crippen LogP contribution is 2.22. The molecule has 0 spiro atoms. The minimum absolute atomic E-state index is 0.421. The molecule has 116 valence electrons. The summed E-state index contributed by atoms with van der Waals surface area (Å²) >= 11 is 18.0. The van der Waals surface area contributed by atoms with E-state index in [1.54, 1.807) is 12.3 Å². The van der Waals surface area contributed by atoms with Crippen LogP contribution in [0.1, 0.15) is 12.0 Å². The molecule has 2 aromatic rings. The topological polar surface area (TPSA) is 28.2 Å². The number of halogens is 3. The molecule has 1 N–H and O–H groups in total. The minimum atomic E-state index is 0.421. The van der Waals surface area contributed by atoms with Crippen LogP contribution in [0, 0.1) is 0 Å². The summed E-state index contributed by atoms with van der Waals surface area (Å²) in [6, 6.07) is 9.86. The van der Waals surface area contributed by atoms with Crippen LogP contribution in [0.2, 0.25) is 15.1 Å². The van der Waals surface area contributed by atoms with Gasteiger partial charge in [0.15, 0.2) is 0 Å². The molecule has 0 saturated carbocycles. The van der Waals surface area contributed by atoms with Crippen LogP contribution in [0.15, 0.2) is 36.5 Å². The monoisotopic (exact) mass is 355 g/mol. The van der Waals surface area contributed by atoms with Gasteiger partial charge in [-0.15, -0.1) is 0 Å². The Morgan fingerprint density at radius 2 is 1.95 bits per heavy atom. The number of aromatic nitrogens is 1. The average Bonchev–Trinajstić information content (AvgIpc) is 2.96. The third-order valence-corrected chi connectivity index (χ3v) is 4.63. The summed E-state index contributed by atoms with van der Waals surface area (Å²) in [5.74, 6) is 0.971. The summed E-state index contributed by atoms with van der Waals surface area (Å²) in [4.78, 5) is 6.63. The summed E-state index contributed by atoms with van der Waals surface area (Å²) < 4.78 is 0. The molecule has 0 radical (unpaired) electrons. The Bertz CT molecular complexity index is 646. The van der Waals surface area contributed by atoms with Gasteiger partial charge in [-0.2, -0.15) is 0 Å². The maximum absolute atomic E-state index is 6.20. The molecule has 1 aliphatic heterocycles. The molecule has 1 saturated heterocycles. The van der Waals surface area contributed by atoms with Crippen molar-refractivity contribution in [2.24, 2.45) is 0 Å². The Labute approximate surface area is 145 Å². The van der Waals surface area contributed by atoms with E-state index < -0.39 is 0 Å². The Kier molecular flexibility index (Phi) is 5.09. The number of nitrogens with zero attached hydrogens (tertiary/aromatic N) is 2. The van der Waals surface area contributed by atoms with E-state index in [0.29, 0.717) is 21.1 Å². The highest BCUT2D eigenvalue weighted by Gasteiger charge is 2.23. The number of nitrogens with one attached hydrogen (secondary N) is 1. The van der Waals surface area contributed by atoms with Crippen molar-refractivity contribution in [3.05, 3.63) is 57.2 Å². The van der Waals surface area contributed by atoms with Gasteiger partial charge in [-0.25, -0.2) is 4.98 Å². The van der Waals surface area contributed by atoms with Crippen molar-refractivity contribution in [2.45, 2.75) is 19.0 Å². The molecule has 3 nitrogen and oxygen atoms in total. The molecule has 2 heterocycles. The normalized spacial score (nSPS) is 18.0. The Balaban J connectivity index is 1.56. The highest BCUT2D eigenvalue weighted by molar-refractivity contribution is 6.35. The van der Waals surface area contributed by atoms with Crippen LogP contribution >= 0.6 is 34.8 Å². The maximum atomic E-state index is 6.20. The zero-order chi connectivity index (χ0) is 15.5. The molecule has 6 heteroatoms. The Hall–Kier alpha value is -1.00. The van der Waals surface area contributed by atoms with Crippen molar-refractivity contribution >= 4 is 40.6 Å². The zero-order valence-electron chi connectivity index (χ0n) is 11.9. The molecule has 1 aromatic carbocycles. The first-order valence-electron chi connectivity index (χ1n) is 7.15. The lowest BCUT2D eigenvalue weighted by Gasteiger charge is -2.18. The molecule has 1 fully saturated rings. The van der Waals surface area contributed by atoms with Gasteiger partial charge in [0, 0.05) is 41.9 Å². The second-order valence-corrected chi connectivity index (χ2v) is 6.66. The fourth-order valence-electron chi connectivity index (χ4n) is 2.61. The smallest absolute Gasteiger partial charge is 0.128 e. The zero-order valence-corrected chi connectivity index (χ0v) is 14.2. The van der Waals surface area contributed by atoms with Crippen LogP contribution in [0.25, 0.3) is 0 Å². The van der Waals surface area contributed by atoms with Crippen molar-refractivity contribution in [1.82, 2.24) is 10.3 Å². The average molecular weight is 357 g/mol. The number of benzene rings is 1. The third-order valence-electron chi connectivity index (χ3n) is 3.82. The third kappa shape index (κ3) is 3.85. The number of anilines is 1. The molecule has 1 aliphatic rings. The highest BCUT2D eigenvalue weighted by atomic mass is 35.5. The molecule has 0 bridgehead atoms. The van der Waals surface area contributed by atoms with E-state index in [2.05, 4.69) is 15.2 Å². The molecule has 1 aromatic heterocycles. The van der Waals surface area contributed by atoms with Crippen LogP contribution < -0.4 is 10.2 Å². The van der Waals surface area contributed by atoms with Gasteiger partial charge >= 0.3 is 0 Å². The minimum Gasteiger partial charge on any atom is -0.355 e. The fourth-order valence-corrected chi connectivity index (χ4v) is 3.20. The van der Waals surface area contributed by atoms with Gasteiger partial charge in [-0.1, -0.05) is 40.9 Å². The summed E-state index contributed by atoms with van der Waals surface area (Å²) in [5, 5.41) is 5.57. The molecule has 1 atom stereocenters. The van der Waals surface area contributed by atoms with Crippen LogP contribution in [0.3, 0.4) is 0 Å². The maximum Gasteiger partial charge on any atom is 0.128 e. The first-order chi connectivity index (χ1) is 10.6. The van der Waals surface area contributed by atoms with E-state index in [0.717, 1.165) is 37.4 Å². The quantitative estimate of drug-likeness (QED) is 0.879. The Morgan fingerprint density at radius 1 is 1.14 bits per heavy atom. The Morgan fingerprint density at radius 3 is 2.68 bits per heavy atom. The van der Waals surface area contributed by atoms with E-state index in [1.165, 1.54) is 0 Å². The number of rotatable bonds is 4. The predicted molar refractivity (Wildman–Crippen MR) is 93.2 cm³/mol. The SMILES string of the molecule is Clc1ccc(N2CC[C@H](NCc3ccc(Cl)cc3Cl)C2)nc1. The molecule has 0 unspecified atom stereocenters. The second kappa shape index (κ2) is 7.05. The van der Waals surface area contributed by atoms with Crippen LogP contribution in [-0.2, 0) is 6.54 Å². The largest absolute Gasteiger partial charge is 0.355 e. The molecule has 0 aliphatic carbocycles. The van der Waals surface area contributed by atoms with E-state index in [9.17, 15) is 0 Å². The summed E-state index contributed by atoms with van der Waals surface area (Å²) in [6.45, 7) is 2.66. The van der Waals surface area contributed by atoms with E-state index in [1.807, 2.05) is 24.3 Å². The van der Waals surface area contributed by atoms with Crippen LogP contribution in [0.4, 0.5) is 5.82 Å². The van der Waals surface area contributed by atoms with Gasteiger partial charge in [-0.05, 0) is 36.2 Å². The summed E-state index contributed by atoms with van der Waals surface area (Å²) in [6.07, 6.45) is 2.76. The lowest BCUT2D eigenvalue weighted by molar-refractivity contribution is 0.551. The number of hydrogen-bond donors (Lipinski definition) is 1. The van der Waals surface area contributed by atoms with Gasteiger partial charge in [-0.3, -0.25) is 0 Å². The van der Waals surface area contributed by atoms with Crippen molar-refractivity contribution < 1.29 is 0 Å². The van der Waals surface area contributed by atoms with Crippen molar-refractivity contribution in [3.8, 4) is 0 Å². The van der Waals surface area contributed by atoms with Gasteiger partial charge in [0.05, 0.1) is 5.02 Å². The van der Waals surface area contributed by atoms with Crippen molar-refractivity contribution in [3.63, 3.8) is 0 Å². The molecular weight excluding hydrogens is 341 g/mol. The van der Waals surface area contributed by atoms with Gasteiger partial charge in [0.1, 0.15) is 5.82 Å². The van der Waals surface area contributed by atoms with Crippen LogP contribution in [0.5, 0.6) is 0 Å². The van der Waals surface area contributed by atoms with Gasteiger partial charge < -0.3 is 10.2 Å². The van der Waals surface area contributed by atoms with E-state index in [-0.39, 0.29) is 0 Å². The van der Waals surface area contributed by atoms with Gasteiger partial charge in [0.25, 0.3) is 0 Å². The molecule has 22 heavy (non-hydrogen) atoms. The summed E-state index contributed by atoms with van der Waals surface area (Å²) in [5.41, 5.74) is 1.06.